The maximum absolute atomic E-state index is 13.3. The largest absolute Gasteiger partial charge is 0.494 e. The monoisotopic (exact) mass is 764 g/mol. The lowest BCUT2D eigenvalue weighted by atomic mass is 10.1. The molecule has 0 saturated heterocycles. The second kappa shape index (κ2) is 15.6. The Labute approximate surface area is 320 Å². The molecule has 16 nitrogen and oxygen atoms in total. The van der Waals surface area contributed by atoms with Crippen LogP contribution in [-0.2, 0) is 22.6 Å². The Balaban J connectivity index is 1.53. The van der Waals surface area contributed by atoms with Crippen LogP contribution in [0.25, 0.3) is 44.8 Å². The lowest BCUT2D eigenvalue weighted by Crippen LogP contribution is -2.14. The van der Waals surface area contributed by atoms with Crippen LogP contribution in [0.1, 0.15) is 55.8 Å². The highest BCUT2D eigenvalue weighted by Gasteiger charge is 2.27. The number of methoxy groups -OCH3 is 4. The minimum atomic E-state index is -1.36. The molecule has 4 bridgehead atoms. The van der Waals surface area contributed by atoms with E-state index in [0.717, 1.165) is 0 Å². The number of aromatic nitrogens is 4. The van der Waals surface area contributed by atoms with E-state index in [-0.39, 0.29) is 41.3 Å². The minimum absolute atomic E-state index is 0.125. The van der Waals surface area contributed by atoms with Gasteiger partial charge in [-0.25, -0.2) is 14.8 Å². The fourth-order valence-corrected chi connectivity index (χ4v) is 7.04. The summed E-state index contributed by atoms with van der Waals surface area (Å²) in [5, 5.41) is 11.2. The van der Waals surface area contributed by atoms with Crippen LogP contribution in [0.3, 0.4) is 0 Å². The summed E-state index contributed by atoms with van der Waals surface area (Å²) in [5.74, 6) is 0.0832. The van der Waals surface area contributed by atoms with Crippen molar-refractivity contribution in [1.82, 2.24) is 19.1 Å². The molecule has 4 aromatic carbocycles. The molecule has 5 N–H and O–H groups in total. The molecule has 4 heterocycles. The number of fused-ring (bicyclic) bond motifs is 10. The standard InChI is InChI=1S/C40H40N6O10/c1-51-33-25(35(41)47)11-13-29-31(33)43-37-23-9-7-22(20-28(23)40(50)54-4)56-18-6-5-17-55-21-8-10-24(39(49)53-3)27(19-21)38-44-32-30(46(38)16-15-45(29)37)14-12-26(36(42)48)34(32)52-2/h7-14,19-20,40,50H,5-6,15-18H2,1-4H3,(H2,41,47)(H2,42,48). The van der Waals surface area contributed by atoms with Crippen molar-refractivity contribution < 1.29 is 47.9 Å². The third kappa shape index (κ3) is 6.69. The number of hydrogen-bond donors (Lipinski definition) is 3. The van der Waals surface area contributed by atoms with Crippen LogP contribution in [-0.4, -0.2) is 83.6 Å². The zero-order valence-corrected chi connectivity index (χ0v) is 31.2. The van der Waals surface area contributed by atoms with Gasteiger partial charge in [-0.1, -0.05) is 0 Å². The van der Waals surface area contributed by atoms with Crippen LogP contribution in [0.2, 0.25) is 0 Å². The third-order valence-electron chi connectivity index (χ3n) is 9.70. The number of carbonyl (C=O) groups is 3. The van der Waals surface area contributed by atoms with Gasteiger partial charge in [0.1, 0.15) is 34.2 Å². The first-order valence-corrected chi connectivity index (χ1v) is 17.7. The predicted octanol–water partition coefficient (Wildman–Crippen LogP) is 4.61. The highest BCUT2D eigenvalue weighted by molar-refractivity contribution is 6.04. The Kier molecular flexibility index (Phi) is 10.5. The van der Waals surface area contributed by atoms with Crippen molar-refractivity contribution in [3.05, 3.63) is 82.9 Å². The van der Waals surface area contributed by atoms with E-state index < -0.39 is 24.1 Å². The van der Waals surface area contributed by atoms with Crippen molar-refractivity contribution in [2.75, 3.05) is 41.7 Å². The van der Waals surface area contributed by atoms with E-state index in [1.807, 2.05) is 9.13 Å². The van der Waals surface area contributed by atoms with Crippen molar-refractivity contribution in [3.8, 4) is 45.8 Å². The Hall–Kier alpha value is -6.65. The number of aryl methyl sites for hydroxylation is 2. The highest BCUT2D eigenvalue weighted by atomic mass is 16.6. The summed E-state index contributed by atoms with van der Waals surface area (Å²) < 4.78 is 38.0. The number of benzene rings is 4. The number of ether oxygens (including phenoxy) is 6. The lowest BCUT2D eigenvalue weighted by molar-refractivity contribution is -0.0766. The smallest absolute Gasteiger partial charge is 0.338 e. The summed E-state index contributed by atoms with van der Waals surface area (Å²) in [4.78, 5) is 48.2. The number of primary amides is 2. The molecular weight excluding hydrogens is 724 g/mol. The molecule has 2 aliphatic heterocycles. The van der Waals surface area contributed by atoms with E-state index in [1.165, 1.54) is 28.4 Å². The SMILES string of the molecule is COC(=O)c1ccc2cc1-c1nc3c(OC)c(C(N)=O)ccc3n1CCn1c(nc3c(OC)c(C(N)=O)ccc31)-c1ccc(cc1C(O)OC)OCCCCO2. The summed E-state index contributed by atoms with van der Waals surface area (Å²) in [5.41, 5.74) is 15.1. The molecule has 0 aliphatic carbocycles. The van der Waals surface area contributed by atoms with E-state index in [9.17, 15) is 19.5 Å². The van der Waals surface area contributed by atoms with Crippen LogP contribution < -0.4 is 30.4 Å². The molecule has 8 rings (SSSR count). The Morgan fingerprint density at radius 3 is 1.70 bits per heavy atom. The molecule has 0 fully saturated rings. The molecule has 1 atom stereocenters. The number of rotatable bonds is 7. The number of nitrogens with two attached hydrogens (primary N) is 2. The molecule has 290 valence electrons. The second-order valence-electron chi connectivity index (χ2n) is 12.9. The molecular formula is C40H40N6O10. The van der Waals surface area contributed by atoms with Gasteiger partial charge in [0, 0.05) is 36.9 Å². The van der Waals surface area contributed by atoms with Gasteiger partial charge in [0.25, 0.3) is 11.8 Å². The van der Waals surface area contributed by atoms with Gasteiger partial charge in [-0.2, -0.15) is 0 Å². The minimum Gasteiger partial charge on any atom is -0.494 e. The normalized spacial score (nSPS) is 13.7. The average Bonchev–Trinajstić information content (AvgIpc) is 3.77. The van der Waals surface area contributed by atoms with Gasteiger partial charge in [-0.15, -0.1) is 0 Å². The van der Waals surface area contributed by atoms with Gasteiger partial charge >= 0.3 is 5.97 Å². The molecule has 0 saturated carbocycles. The number of nitrogens with zero attached hydrogens (tertiary/aromatic N) is 4. The van der Waals surface area contributed by atoms with Gasteiger partial charge in [0.2, 0.25) is 0 Å². The number of aliphatic hydroxyl groups is 1. The van der Waals surface area contributed by atoms with Crippen LogP contribution in [0, 0.1) is 0 Å². The number of amides is 2. The van der Waals surface area contributed by atoms with Gasteiger partial charge in [0.15, 0.2) is 17.8 Å². The Morgan fingerprint density at radius 2 is 1.20 bits per heavy atom. The van der Waals surface area contributed by atoms with Crippen molar-refractivity contribution in [3.63, 3.8) is 0 Å². The number of esters is 1. The van der Waals surface area contributed by atoms with Gasteiger partial charge in [0.05, 0.1) is 62.3 Å². The number of aliphatic hydroxyl groups excluding tert-OH is 1. The predicted molar refractivity (Wildman–Crippen MR) is 204 cm³/mol. The first-order valence-electron chi connectivity index (χ1n) is 17.7. The summed E-state index contributed by atoms with van der Waals surface area (Å²) in [6.07, 6.45) is -0.0663. The molecule has 56 heavy (non-hydrogen) atoms. The van der Waals surface area contributed by atoms with E-state index in [2.05, 4.69) is 0 Å². The summed E-state index contributed by atoms with van der Waals surface area (Å²) in [6.45, 7) is 1.11. The zero-order chi connectivity index (χ0) is 39.7. The second-order valence-corrected chi connectivity index (χ2v) is 12.9. The quantitative estimate of drug-likeness (QED) is 0.150. The summed E-state index contributed by atoms with van der Waals surface area (Å²) in [7, 11) is 5.52. The fraction of sp³-hybridized carbons (Fsp3) is 0.275. The van der Waals surface area contributed by atoms with E-state index in [4.69, 9.17) is 49.9 Å². The molecule has 2 aromatic heterocycles. The topological polar surface area (TPSA) is 214 Å². The van der Waals surface area contributed by atoms with Crippen molar-refractivity contribution in [1.29, 1.82) is 0 Å². The maximum atomic E-state index is 13.3. The highest BCUT2D eigenvalue weighted by Crippen LogP contribution is 2.39. The van der Waals surface area contributed by atoms with Crippen molar-refractivity contribution in [2.24, 2.45) is 11.5 Å². The molecule has 0 spiro atoms. The molecule has 0 radical (unpaired) electrons. The first kappa shape index (κ1) is 37.7. The zero-order valence-electron chi connectivity index (χ0n) is 31.2. The fourth-order valence-electron chi connectivity index (χ4n) is 7.04. The van der Waals surface area contributed by atoms with Crippen molar-refractivity contribution >= 4 is 39.9 Å². The van der Waals surface area contributed by atoms with Gasteiger partial charge < -0.3 is 54.1 Å². The van der Waals surface area contributed by atoms with Crippen LogP contribution >= 0.6 is 0 Å². The maximum Gasteiger partial charge on any atom is 0.338 e. The molecule has 1 unspecified atom stereocenters. The van der Waals surface area contributed by atoms with Crippen LogP contribution in [0.4, 0.5) is 0 Å². The molecule has 2 amide bonds. The van der Waals surface area contributed by atoms with E-state index in [0.29, 0.717) is 88.0 Å². The first-order chi connectivity index (χ1) is 27.1. The van der Waals surface area contributed by atoms with Crippen LogP contribution in [0.5, 0.6) is 23.0 Å². The number of imidazole rings is 2. The van der Waals surface area contributed by atoms with E-state index in [1.54, 1.807) is 60.7 Å². The Bertz CT molecular complexity index is 2510. The van der Waals surface area contributed by atoms with E-state index >= 15 is 0 Å². The summed E-state index contributed by atoms with van der Waals surface area (Å²) >= 11 is 0. The Morgan fingerprint density at radius 1 is 0.696 bits per heavy atom. The number of carbonyl (C=O) groups excluding carboxylic acids is 3. The van der Waals surface area contributed by atoms with Crippen LogP contribution in [0.15, 0.2) is 60.7 Å². The van der Waals surface area contributed by atoms with Gasteiger partial charge in [-0.3, -0.25) is 9.59 Å². The van der Waals surface area contributed by atoms with Crippen molar-refractivity contribution in [2.45, 2.75) is 32.2 Å². The molecule has 16 heteroatoms. The number of hydrogen-bond acceptors (Lipinski definition) is 12. The van der Waals surface area contributed by atoms with Gasteiger partial charge in [-0.05, 0) is 73.5 Å². The molecule has 6 aromatic rings. The lowest BCUT2D eigenvalue weighted by Gasteiger charge is -2.18. The summed E-state index contributed by atoms with van der Waals surface area (Å²) in [6, 6.07) is 16.9. The average molecular weight is 765 g/mol. The third-order valence-corrected chi connectivity index (χ3v) is 9.70. The molecule has 2 aliphatic rings.